The number of halogens is 3. The zero-order valence-electron chi connectivity index (χ0n) is 15.0. The van der Waals surface area contributed by atoms with Crippen LogP contribution in [0.1, 0.15) is 27.9 Å². The standard InChI is InChI=1S/C20H17F3N2O3/c1-14-3-9-17(10-4-14)25(12-2-11-24)18(26)13-28-19(27)15-5-7-16(8-6-15)20(21,22)23/h3-10H,2,12-13H2,1H3. The zero-order chi connectivity index (χ0) is 20.7. The number of ether oxygens (including phenoxy) is 1. The largest absolute Gasteiger partial charge is 0.452 e. The lowest BCUT2D eigenvalue weighted by atomic mass is 10.1. The second-order valence-corrected chi connectivity index (χ2v) is 5.94. The van der Waals surface area contributed by atoms with Gasteiger partial charge >= 0.3 is 12.1 Å². The van der Waals surface area contributed by atoms with Crippen molar-refractivity contribution in [3.05, 3.63) is 65.2 Å². The van der Waals surface area contributed by atoms with Gasteiger partial charge < -0.3 is 9.64 Å². The van der Waals surface area contributed by atoms with Crippen LogP contribution < -0.4 is 4.90 Å². The second-order valence-electron chi connectivity index (χ2n) is 5.94. The lowest BCUT2D eigenvalue weighted by Crippen LogP contribution is -2.35. The molecule has 0 radical (unpaired) electrons. The van der Waals surface area contributed by atoms with Crippen molar-refractivity contribution in [1.29, 1.82) is 5.26 Å². The van der Waals surface area contributed by atoms with E-state index in [1.807, 2.05) is 13.0 Å². The van der Waals surface area contributed by atoms with Crippen molar-refractivity contribution in [3.63, 3.8) is 0 Å². The van der Waals surface area contributed by atoms with Gasteiger partial charge in [0.1, 0.15) is 0 Å². The molecule has 0 aliphatic heterocycles. The average molecular weight is 390 g/mol. The highest BCUT2D eigenvalue weighted by atomic mass is 19.4. The summed E-state index contributed by atoms with van der Waals surface area (Å²) in [5.41, 5.74) is 0.559. The topological polar surface area (TPSA) is 70.4 Å². The molecule has 0 N–H and O–H groups in total. The number of alkyl halides is 3. The molecular formula is C20H17F3N2O3. The fraction of sp³-hybridized carbons (Fsp3) is 0.250. The molecule has 0 atom stereocenters. The number of rotatable bonds is 6. The molecule has 0 saturated heterocycles. The van der Waals surface area contributed by atoms with E-state index in [1.54, 1.807) is 24.3 Å². The highest BCUT2D eigenvalue weighted by molar-refractivity contribution is 5.97. The van der Waals surface area contributed by atoms with Crippen LogP contribution >= 0.6 is 0 Å². The Morgan fingerprint density at radius 3 is 2.21 bits per heavy atom. The van der Waals surface area contributed by atoms with Crippen molar-refractivity contribution < 1.29 is 27.5 Å². The average Bonchev–Trinajstić information content (AvgIpc) is 2.67. The van der Waals surface area contributed by atoms with E-state index >= 15 is 0 Å². The monoisotopic (exact) mass is 390 g/mol. The van der Waals surface area contributed by atoms with Gasteiger partial charge in [0.25, 0.3) is 5.91 Å². The maximum absolute atomic E-state index is 12.6. The van der Waals surface area contributed by atoms with E-state index in [0.717, 1.165) is 29.8 Å². The summed E-state index contributed by atoms with van der Waals surface area (Å²) in [7, 11) is 0. The summed E-state index contributed by atoms with van der Waals surface area (Å²) in [5.74, 6) is -1.45. The van der Waals surface area contributed by atoms with Gasteiger partial charge in [-0.05, 0) is 43.3 Å². The van der Waals surface area contributed by atoms with Gasteiger partial charge in [0.05, 0.1) is 23.6 Å². The first-order valence-corrected chi connectivity index (χ1v) is 8.30. The minimum absolute atomic E-state index is 0.0897. The van der Waals surface area contributed by atoms with Crippen LogP contribution in [0.3, 0.4) is 0 Å². The number of esters is 1. The lowest BCUT2D eigenvalue weighted by molar-refractivity contribution is -0.137. The Labute approximate surface area is 159 Å². The number of hydrogen-bond acceptors (Lipinski definition) is 4. The summed E-state index contributed by atoms with van der Waals surface area (Å²) in [5, 5.41) is 8.78. The van der Waals surface area contributed by atoms with E-state index in [4.69, 9.17) is 10.00 Å². The number of anilines is 1. The number of benzene rings is 2. The Bertz CT molecular complexity index is 870. The number of nitrogens with zero attached hydrogens (tertiary/aromatic N) is 2. The molecule has 146 valence electrons. The summed E-state index contributed by atoms with van der Waals surface area (Å²) < 4.78 is 42.6. The van der Waals surface area contributed by atoms with Crippen molar-refractivity contribution in [2.45, 2.75) is 19.5 Å². The van der Waals surface area contributed by atoms with Crippen LogP contribution in [0.25, 0.3) is 0 Å². The molecule has 0 unspecified atom stereocenters. The molecule has 0 fully saturated rings. The number of amides is 1. The molecule has 2 aromatic rings. The van der Waals surface area contributed by atoms with Crippen LogP contribution in [0.2, 0.25) is 0 Å². The van der Waals surface area contributed by atoms with E-state index in [2.05, 4.69) is 0 Å². The second kappa shape index (κ2) is 9.04. The first-order valence-electron chi connectivity index (χ1n) is 8.30. The van der Waals surface area contributed by atoms with Crippen molar-refractivity contribution >= 4 is 17.6 Å². The molecule has 0 aliphatic rings. The van der Waals surface area contributed by atoms with Gasteiger partial charge in [0.2, 0.25) is 0 Å². The molecule has 2 rings (SSSR count). The molecule has 5 nitrogen and oxygen atoms in total. The summed E-state index contributed by atoms with van der Waals surface area (Å²) in [6, 6.07) is 12.5. The minimum atomic E-state index is -4.51. The molecule has 0 bridgehead atoms. The summed E-state index contributed by atoms with van der Waals surface area (Å²) in [4.78, 5) is 25.8. The number of hydrogen-bond donors (Lipinski definition) is 0. The third kappa shape index (κ3) is 5.58. The Morgan fingerprint density at radius 1 is 1.07 bits per heavy atom. The van der Waals surface area contributed by atoms with E-state index in [9.17, 15) is 22.8 Å². The third-order valence-corrected chi connectivity index (χ3v) is 3.87. The van der Waals surface area contributed by atoms with E-state index < -0.39 is 30.2 Å². The number of nitriles is 1. The zero-order valence-corrected chi connectivity index (χ0v) is 15.0. The Morgan fingerprint density at radius 2 is 1.68 bits per heavy atom. The molecule has 0 heterocycles. The Hall–Kier alpha value is -3.34. The van der Waals surface area contributed by atoms with Gasteiger partial charge in [-0.3, -0.25) is 4.79 Å². The fourth-order valence-corrected chi connectivity index (χ4v) is 2.37. The predicted octanol–water partition coefficient (Wildman–Crippen LogP) is 4.12. The van der Waals surface area contributed by atoms with Gasteiger partial charge in [-0.2, -0.15) is 18.4 Å². The van der Waals surface area contributed by atoms with E-state index in [1.165, 1.54) is 4.90 Å². The molecule has 28 heavy (non-hydrogen) atoms. The highest BCUT2D eigenvalue weighted by Crippen LogP contribution is 2.29. The molecule has 8 heteroatoms. The van der Waals surface area contributed by atoms with Crippen molar-refractivity contribution in [3.8, 4) is 6.07 Å². The molecule has 0 aromatic heterocycles. The maximum Gasteiger partial charge on any atom is 0.416 e. The molecule has 0 saturated carbocycles. The number of aryl methyl sites for hydroxylation is 1. The van der Waals surface area contributed by atoms with Crippen LogP contribution in [0, 0.1) is 18.3 Å². The van der Waals surface area contributed by atoms with E-state index in [-0.39, 0.29) is 18.5 Å². The maximum atomic E-state index is 12.6. The predicted molar refractivity (Wildman–Crippen MR) is 95.5 cm³/mol. The van der Waals surface area contributed by atoms with Crippen LogP contribution in [0.4, 0.5) is 18.9 Å². The van der Waals surface area contributed by atoms with Crippen molar-refractivity contribution in [2.75, 3.05) is 18.1 Å². The van der Waals surface area contributed by atoms with Gasteiger partial charge in [0.15, 0.2) is 6.61 Å². The summed E-state index contributed by atoms with van der Waals surface area (Å²) >= 11 is 0. The molecule has 0 aliphatic carbocycles. The van der Waals surface area contributed by atoms with E-state index in [0.29, 0.717) is 5.69 Å². The molecule has 0 spiro atoms. The quantitative estimate of drug-likeness (QED) is 0.696. The first-order chi connectivity index (χ1) is 13.2. The van der Waals surface area contributed by atoms with Gasteiger partial charge in [-0.1, -0.05) is 17.7 Å². The van der Waals surface area contributed by atoms with Crippen LogP contribution in [0.15, 0.2) is 48.5 Å². The summed E-state index contributed by atoms with van der Waals surface area (Å²) in [6.45, 7) is 1.41. The van der Waals surface area contributed by atoms with Gasteiger partial charge in [-0.15, -0.1) is 0 Å². The molecular weight excluding hydrogens is 373 g/mol. The third-order valence-electron chi connectivity index (χ3n) is 3.87. The highest BCUT2D eigenvalue weighted by Gasteiger charge is 2.30. The first kappa shape index (κ1) is 21.0. The smallest absolute Gasteiger partial charge is 0.416 e. The SMILES string of the molecule is Cc1ccc(N(CCC#N)C(=O)COC(=O)c2ccc(C(F)(F)F)cc2)cc1. The lowest BCUT2D eigenvalue weighted by Gasteiger charge is -2.21. The summed E-state index contributed by atoms with van der Waals surface area (Å²) in [6.07, 6.45) is -4.42. The molecule has 2 aromatic carbocycles. The van der Waals surface area contributed by atoms with Crippen molar-refractivity contribution in [1.82, 2.24) is 0 Å². The minimum Gasteiger partial charge on any atom is -0.452 e. The normalized spacial score (nSPS) is 10.8. The number of carbonyl (C=O) groups excluding carboxylic acids is 2. The van der Waals surface area contributed by atoms with Crippen molar-refractivity contribution in [2.24, 2.45) is 0 Å². The van der Waals surface area contributed by atoms with Crippen LogP contribution in [0.5, 0.6) is 0 Å². The Kier molecular flexibility index (Phi) is 6.77. The number of carbonyl (C=O) groups is 2. The van der Waals surface area contributed by atoms with Gasteiger partial charge in [-0.25, -0.2) is 4.79 Å². The van der Waals surface area contributed by atoms with Crippen LogP contribution in [-0.4, -0.2) is 25.0 Å². The van der Waals surface area contributed by atoms with Gasteiger partial charge in [0, 0.05) is 12.2 Å². The van der Waals surface area contributed by atoms with Crippen LogP contribution in [-0.2, 0) is 15.7 Å². The molecule has 1 amide bonds. The fourth-order valence-electron chi connectivity index (χ4n) is 2.37. The Balaban J connectivity index is 2.04.